The van der Waals surface area contributed by atoms with E-state index >= 15 is 0 Å². The summed E-state index contributed by atoms with van der Waals surface area (Å²) < 4.78 is 25.3. The van der Waals surface area contributed by atoms with Crippen LogP contribution in [0.1, 0.15) is 11.1 Å². The summed E-state index contributed by atoms with van der Waals surface area (Å²) in [7, 11) is 1.56. The standard InChI is InChI=1S/C15H15BrFNO2/c1-19-15-6-10(8-18)2-5-14(15)20-9-11-3-4-12(16)7-13(11)17/h2-7H,8-9,18H2,1H3. The van der Waals surface area contributed by atoms with Gasteiger partial charge in [-0.05, 0) is 29.8 Å². The SMILES string of the molecule is COc1cc(CN)ccc1OCc1ccc(Br)cc1F. The number of benzene rings is 2. The molecular weight excluding hydrogens is 325 g/mol. The van der Waals surface area contributed by atoms with Gasteiger partial charge in [0.2, 0.25) is 0 Å². The van der Waals surface area contributed by atoms with Gasteiger partial charge in [0.1, 0.15) is 12.4 Å². The topological polar surface area (TPSA) is 44.5 Å². The number of rotatable bonds is 5. The zero-order valence-electron chi connectivity index (χ0n) is 11.0. The normalized spacial score (nSPS) is 10.4. The van der Waals surface area contributed by atoms with Gasteiger partial charge in [0.05, 0.1) is 7.11 Å². The summed E-state index contributed by atoms with van der Waals surface area (Å²) in [6.07, 6.45) is 0. The van der Waals surface area contributed by atoms with Gasteiger partial charge in [-0.25, -0.2) is 4.39 Å². The van der Waals surface area contributed by atoms with Crippen molar-refractivity contribution in [3.63, 3.8) is 0 Å². The third-order valence-electron chi connectivity index (χ3n) is 2.86. The fourth-order valence-electron chi connectivity index (χ4n) is 1.75. The molecular formula is C15H15BrFNO2. The van der Waals surface area contributed by atoms with Crippen LogP contribution in [0, 0.1) is 5.82 Å². The monoisotopic (exact) mass is 339 g/mol. The maximum atomic E-state index is 13.7. The van der Waals surface area contributed by atoms with Crippen LogP contribution >= 0.6 is 15.9 Å². The molecule has 0 aliphatic rings. The summed E-state index contributed by atoms with van der Waals surface area (Å²) in [6.45, 7) is 0.565. The first-order chi connectivity index (χ1) is 9.63. The van der Waals surface area contributed by atoms with E-state index in [1.54, 1.807) is 25.3 Å². The number of nitrogens with two attached hydrogens (primary N) is 1. The van der Waals surface area contributed by atoms with E-state index in [1.807, 2.05) is 12.1 Å². The Hall–Kier alpha value is -1.59. The minimum atomic E-state index is -0.308. The van der Waals surface area contributed by atoms with E-state index in [1.165, 1.54) is 6.07 Å². The van der Waals surface area contributed by atoms with Gasteiger partial charge in [-0.2, -0.15) is 0 Å². The molecule has 0 bridgehead atoms. The van der Waals surface area contributed by atoms with Gasteiger partial charge < -0.3 is 15.2 Å². The molecule has 0 fully saturated rings. The average Bonchev–Trinajstić information content (AvgIpc) is 2.46. The molecule has 0 aliphatic heterocycles. The lowest BCUT2D eigenvalue weighted by Gasteiger charge is -2.12. The fraction of sp³-hybridized carbons (Fsp3) is 0.200. The summed E-state index contributed by atoms with van der Waals surface area (Å²) in [4.78, 5) is 0. The number of ether oxygens (including phenoxy) is 2. The molecule has 0 radical (unpaired) electrons. The Labute approximate surface area is 125 Å². The van der Waals surface area contributed by atoms with Crippen LogP contribution in [0.3, 0.4) is 0 Å². The van der Waals surface area contributed by atoms with Crippen molar-refractivity contribution in [2.24, 2.45) is 5.73 Å². The number of methoxy groups -OCH3 is 1. The molecule has 2 aromatic carbocycles. The quantitative estimate of drug-likeness (QED) is 0.904. The summed E-state index contributed by atoms with van der Waals surface area (Å²) in [5.41, 5.74) is 7.00. The van der Waals surface area contributed by atoms with Gasteiger partial charge in [0.25, 0.3) is 0 Å². The van der Waals surface area contributed by atoms with Crippen LogP contribution in [-0.4, -0.2) is 7.11 Å². The lowest BCUT2D eigenvalue weighted by Crippen LogP contribution is -2.02. The lowest BCUT2D eigenvalue weighted by atomic mass is 10.2. The van der Waals surface area contributed by atoms with Crippen molar-refractivity contribution in [1.29, 1.82) is 0 Å². The van der Waals surface area contributed by atoms with Crippen LogP contribution in [0.5, 0.6) is 11.5 Å². The smallest absolute Gasteiger partial charge is 0.161 e. The average molecular weight is 340 g/mol. The number of hydrogen-bond acceptors (Lipinski definition) is 3. The van der Waals surface area contributed by atoms with Crippen LogP contribution in [0.2, 0.25) is 0 Å². The molecule has 0 amide bonds. The van der Waals surface area contributed by atoms with E-state index in [2.05, 4.69) is 15.9 Å². The van der Waals surface area contributed by atoms with Crippen LogP contribution in [0.15, 0.2) is 40.9 Å². The van der Waals surface area contributed by atoms with Crippen molar-refractivity contribution in [2.45, 2.75) is 13.2 Å². The molecule has 0 aromatic heterocycles. The first-order valence-electron chi connectivity index (χ1n) is 6.07. The molecule has 2 rings (SSSR count). The predicted octanol–water partition coefficient (Wildman–Crippen LogP) is 3.63. The molecule has 0 spiro atoms. The van der Waals surface area contributed by atoms with Crippen molar-refractivity contribution in [3.8, 4) is 11.5 Å². The van der Waals surface area contributed by atoms with E-state index in [0.29, 0.717) is 28.1 Å². The molecule has 5 heteroatoms. The molecule has 2 N–H and O–H groups in total. The van der Waals surface area contributed by atoms with Crippen LogP contribution in [0.25, 0.3) is 0 Å². The van der Waals surface area contributed by atoms with Crippen LogP contribution < -0.4 is 15.2 Å². The lowest BCUT2D eigenvalue weighted by molar-refractivity contribution is 0.279. The molecule has 0 heterocycles. The van der Waals surface area contributed by atoms with Gasteiger partial charge in [-0.3, -0.25) is 0 Å². The number of hydrogen-bond donors (Lipinski definition) is 1. The molecule has 0 atom stereocenters. The Kier molecular flexibility index (Phi) is 4.98. The summed E-state index contributed by atoms with van der Waals surface area (Å²) in [6, 6.07) is 10.3. The minimum absolute atomic E-state index is 0.136. The van der Waals surface area contributed by atoms with E-state index < -0.39 is 0 Å². The van der Waals surface area contributed by atoms with Crippen molar-refractivity contribution in [3.05, 3.63) is 57.8 Å². The van der Waals surface area contributed by atoms with Gasteiger partial charge in [-0.1, -0.05) is 28.1 Å². The zero-order chi connectivity index (χ0) is 14.5. The predicted molar refractivity (Wildman–Crippen MR) is 79.3 cm³/mol. The minimum Gasteiger partial charge on any atom is -0.493 e. The highest BCUT2D eigenvalue weighted by Gasteiger charge is 2.08. The Morgan fingerprint density at radius 1 is 1.15 bits per heavy atom. The third kappa shape index (κ3) is 3.49. The summed E-state index contributed by atoms with van der Waals surface area (Å²) in [5, 5.41) is 0. The summed E-state index contributed by atoms with van der Waals surface area (Å²) in [5.74, 6) is 0.842. The second-order valence-corrected chi connectivity index (χ2v) is 5.13. The van der Waals surface area contributed by atoms with Gasteiger partial charge in [-0.15, -0.1) is 0 Å². The number of halogens is 2. The maximum Gasteiger partial charge on any atom is 0.161 e. The third-order valence-corrected chi connectivity index (χ3v) is 3.36. The van der Waals surface area contributed by atoms with Gasteiger partial charge in [0, 0.05) is 16.6 Å². The Balaban J connectivity index is 2.14. The van der Waals surface area contributed by atoms with Crippen LogP contribution in [0.4, 0.5) is 4.39 Å². The van der Waals surface area contributed by atoms with Crippen molar-refractivity contribution in [1.82, 2.24) is 0 Å². The Bertz CT molecular complexity index is 604. The van der Waals surface area contributed by atoms with E-state index in [0.717, 1.165) is 5.56 Å². The molecule has 106 valence electrons. The van der Waals surface area contributed by atoms with E-state index in [-0.39, 0.29) is 12.4 Å². The fourth-order valence-corrected chi connectivity index (χ4v) is 2.09. The highest BCUT2D eigenvalue weighted by Crippen LogP contribution is 2.29. The van der Waals surface area contributed by atoms with E-state index in [4.69, 9.17) is 15.2 Å². The van der Waals surface area contributed by atoms with Crippen LogP contribution in [-0.2, 0) is 13.2 Å². The van der Waals surface area contributed by atoms with Gasteiger partial charge in [0.15, 0.2) is 11.5 Å². The van der Waals surface area contributed by atoms with Gasteiger partial charge >= 0.3 is 0 Å². The van der Waals surface area contributed by atoms with Crippen molar-refractivity contribution < 1.29 is 13.9 Å². The highest BCUT2D eigenvalue weighted by atomic mass is 79.9. The Morgan fingerprint density at radius 2 is 1.95 bits per heavy atom. The molecule has 0 saturated heterocycles. The zero-order valence-corrected chi connectivity index (χ0v) is 12.6. The first kappa shape index (κ1) is 14.8. The first-order valence-corrected chi connectivity index (χ1v) is 6.87. The molecule has 0 unspecified atom stereocenters. The van der Waals surface area contributed by atoms with Crippen molar-refractivity contribution in [2.75, 3.05) is 7.11 Å². The maximum absolute atomic E-state index is 13.7. The summed E-state index contributed by atoms with van der Waals surface area (Å²) >= 11 is 3.22. The second kappa shape index (κ2) is 6.72. The molecule has 20 heavy (non-hydrogen) atoms. The second-order valence-electron chi connectivity index (χ2n) is 4.21. The Morgan fingerprint density at radius 3 is 2.60 bits per heavy atom. The van der Waals surface area contributed by atoms with E-state index in [9.17, 15) is 4.39 Å². The molecule has 2 aromatic rings. The molecule has 3 nitrogen and oxygen atoms in total. The highest BCUT2D eigenvalue weighted by molar-refractivity contribution is 9.10. The molecule has 0 saturated carbocycles. The largest absolute Gasteiger partial charge is 0.493 e. The van der Waals surface area contributed by atoms with Crippen molar-refractivity contribution >= 4 is 15.9 Å². The molecule has 0 aliphatic carbocycles.